The molecule has 126 valence electrons. The molecule has 0 aromatic heterocycles. The van der Waals surface area contributed by atoms with Crippen LogP contribution in [0.25, 0.3) is 0 Å². The van der Waals surface area contributed by atoms with Gasteiger partial charge in [0.25, 0.3) is 0 Å². The zero-order chi connectivity index (χ0) is 16.7. The third-order valence-electron chi connectivity index (χ3n) is 4.20. The van der Waals surface area contributed by atoms with Crippen LogP contribution in [0.15, 0.2) is 24.3 Å². The first-order valence-corrected chi connectivity index (χ1v) is 8.29. The molecule has 5 nitrogen and oxygen atoms in total. The minimum absolute atomic E-state index is 0.104. The highest BCUT2D eigenvalue weighted by Crippen LogP contribution is 2.26. The molecular formula is C18H26N2O3. The van der Waals surface area contributed by atoms with E-state index >= 15 is 0 Å². The number of carbonyl (C=O) groups excluding carboxylic acids is 2. The molecular weight excluding hydrogens is 292 g/mol. The molecule has 0 heterocycles. The Bertz CT molecular complexity index is 545. The number of benzene rings is 1. The maximum atomic E-state index is 11.9. The second-order valence-electron chi connectivity index (χ2n) is 6.27. The highest BCUT2D eigenvalue weighted by molar-refractivity contribution is 5.88. The van der Waals surface area contributed by atoms with Crippen molar-refractivity contribution in [2.75, 3.05) is 11.9 Å². The summed E-state index contributed by atoms with van der Waals surface area (Å²) >= 11 is 0. The van der Waals surface area contributed by atoms with E-state index in [2.05, 4.69) is 17.6 Å². The van der Waals surface area contributed by atoms with E-state index in [-0.39, 0.29) is 24.5 Å². The van der Waals surface area contributed by atoms with Gasteiger partial charge in [0, 0.05) is 19.2 Å². The Morgan fingerprint density at radius 2 is 2.04 bits per heavy atom. The molecule has 1 aromatic carbocycles. The van der Waals surface area contributed by atoms with Crippen LogP contribution in [0, 0.1) is 5.92 Å². The van der Waals surface area contributed by atoms with Gasteiger partial charge in [-0.25, -0.2) is 0 Å². The Hall–Kier alpha value is -1.88. The highest BCUT2D eigenvalue weighted by atomic mass is 16.5. The van der Waals surface area contributed by atoms with Gasteiger partial charge in [0.2, 0.25) is 11.8 Å². The number of nitrogens with one attached hydrogen (secondary N) is 2. The third kappa shape index (κ3) is 6.02. The van der Waals surface area contributed by atoms with Crippen LogP contribution in [0.1, 0.15) is 45.1 Å². The minimum atomic E-state index is -0.110. The maximum absolute atomic E-state index is 11.9. The first-order chi connectivity index (χ1) is 11.0. The van der Waals surface area contributed by atoms with Crippen molar-refractivity contribution in [1.29, 1.82) is 0 Å². The van der Waals surface area contributed by atoms with E-state index in [0.717, 1.165) is 17.7 Å². The number of anilines is 1. The van der Waals surface area contributed by atoms with Gasteiger partial charge >= 0.3 is 0 Å². The summed E-state index contributed by atoms with van der Waals surface area (Å²) in [5, 5.41) is 5.59. The summed E-state index contributed by atoms with van der Waals surface area (Å²) in [6, 6.07) is 7.44. The zero-order valence-electron chi connectivity index (χ0n) is 13.9. The van der Waals surface area contributed by atoms with Crippen LogP contribution in [0.4, 0.5) is 5.69 Å². The average molecular weight is 318 g/mol. The second-order valence-corrected chi connectivity index (χ2v) is 6.27. The summed E-state index contributed by atoms with van der Waals surface area (Å²) in [6.07, 6.45) is 4.89. The van der Waals surface area contributed by atoms with E-state index in [0.29, 0.717) is 12.5 Å². The van der Waals surface area contributed by atoms with Crippen LogP contribution in [0.3, 0.4) is 0 Å². The van der Waals surface area contributed by atoms with Gasteiger partial charge in [-0.05, 0) is 36.5 Å². The molecule has 1 aliphatic carbocycles. The van der Waals surface area contributed by atoms with Crippen molar-refractivity contribution in [3.8, 4) is 0 Å². The number of amides is 2. The van der Waals surface area contributed by atoms with Crippen molar-refractivity contribution in [2.45, 2.75) is 52.2 Å². The molecule has 2 N–H and O–H groups in total. The number of rotatable bonds is 6. The fraction of sp³-hybridized carbons (Fsp3) is 0.556. The van der Waals surface area contributed by atoms with E-state index in [1.165, 1.54) is 26.2 Å². The molecule has 2 rings (SSSR count). The number of ether oxygens (including phenoxy) is 1. The zero-order valence-corrected chi connectivity index (χ0v) is 13.9. The number of hydrogen-bond donors (Lipinski definition) is 2. The van der Waals surface area contributed by atoms with E-state index in [1.807, 2.05) is 24.3 Å². The molecule has 2 atom stereocenters. The summed E-state index contributed by atoms with van der Waals surface area (Å²) in [5.74, 6) is 0.319. The molecule has 2 amide bonds. The van der Waals surface area contributed by atoms with Crippen molar-refractivity contribution < 1.29 is 14.3 Å². The number of carbonyl (C=O) groups is 2. The lowest BCUT2D eigenvalue weighted by molar-refractivity contribution is -0.129. The second kappa shape index (κ2) is 8.67. The van der Waals surface area contributed by atoms with Gasteiger partial charge in [-0.2, -0.15) is 0 Å². The summed E-state index contributed by atoms with van der Waals surface area (Å²) < 4.78 is 5.75. The van der Waals surface area contributed by atoms with Crippen LogP contribution in [0.5, 0.6) is 0 Å². The normalized spacial score (nSPS) is 20.8. The molecule has 1 saturated carbocycles. The summed E-state index contributed by atoms with van der Waals surface area (Å²) in [4.78, 5) is 23.0. The molecule has 0 radical (unpaired) electrons. The summed E-state index contributed by atoms with van der Waals surface area (Å²) in [5.41, 5.74) is 1.67. The SMILES string of the molecule is CC(=O)Nc1cccc(CNC(=O)COC2CCCCC2C)c1. The molecule has 1 aliphatic rings. The topological polar surface area (TPSA) is 67.4 Å². The molecule has 2 unspecified atom stereocenters. The minimum Gasteiger partial charge on any atom is -0.368 e. The Labute approximate surface area is 137 Å². The van der Waals surface area contributed by atoms with Crippen LogP contribution in [0.2, 0.25) is 0 Å². The summed E-state index contributed by atoms with van der Waals surface area (Å²) in [6.45, 7) is 4.20. The molecule has 1 fully saturated rings. The quantitative estimate of drug-likeness (QED) is 0.847. The van der Waals surface area contributed by atoms with E-state index in [9.17, 15) is 9.59 Å². The van der Waals surface area contributed by atoms with Crippen molar-refractivity contribution in [3.63, 3.8) is 0 Å². The standard InChI is InChI=1S/C18H26N2O3/c1-13-6-3-4-9-17(13)23-12-18(22)19-11-15-7-5-8-16(10-15)20-14(2)21/h5,7-8,10,13,17H,3-4,6,9,11-12H2,1-2H3,(H,19,22)(H,20,21). The Kier molecular flexibility index (Phi) is 6.59. The van der Waals surface area contributed by atoms with Gasteiger partial charge in [-0.1, -0.05) is 31.9 Å². The van der Waals surface area contributed by atoms with Crippen LogP contribution in [-0.4, -0.2) is 24.5 Å². The van der Waals surface area contributed by atoms with Gasteiger partial charge < -0.3 is 15.4 Å². The largest absolute Gasteiger partial charge is 0.368 e. The van der Waals surface area contributed by atoms with Crippen LogP contribution >= 0.6 is 0 Å². The lowest BCUT2D eigenvalue weighted by Crippen LogP contribution is -2.32. The van der Waals surface area contributed by atoms with Gasteiger partial charge in [-0.3, -0.25) is 9.59 Å². The Morgan fingerprint density at radius 3 is 2.78 bits per heavy atom. The first-order valence-electron chi connectivity index (χ1n) is 8.29. The lowest BCUT2D eigenvalue weighted by Gasteiger charge is -2.28. The van der Waals surface area contributed by atoms with Gasteiger partial charge in [0.1, 0.15) is 6.61 Å². The predicted molar refractivity (Wildman–Crippen MR) is 90.0 cm³/mol. The van der Waals surface area contributed by atoms with Gasteiger partial charge in [0.15, 0.2) is 0 Å². The summed E-state index contributed by atoms with van der Waals surface area (Å²) in [7, 11) is 0. The fourth-order valence-corrected chi connectivity index (χ4v) is 2.93. The molecule has 23 heavy (non-hydrogen) atoms. The third-order valence-corrected chi connectivity index (χ3v) is 4.20. The molecule has 1 aromatic rings. The first kappa shape index (κ1) is 17.5. The lowest BCUT2D eigenvalue weighted by atomic mass is 9.88. The van der Waals surface area contributed by atoms with Gasteiger partial charge in [-0.15, -0.1) is 0 Å². The van der Waals surface area contributed by atoms with Crippen molar-refractivity contribution in [2.24, 2.45) is 5.92 Å². The fourth-order valence-electron chi connectivity index (χ4n) is 2.93. The predicted octanol–water partition coefficient (Wildman–Crippen LogP) is 2.86. The van der Waals surface area contributed by atoms with Crippen molar-refractivity contribution >= 4 is 17.5 Å². The van der Waals surface area contributed by atoms with Crippen LogP contribution < -0.4 is 10.6 Å². The molecule has 0 aliphatic heterocycles. The van der Waals surface area contributed by atoms with Crippen LogP contribution in [-0.2, 0) is 20.9 Å². The van der Waals surface area contributed by atoms with E-state index in [4.69, 9.17) is 4.74 Å². The van der Waals surface area contributed by atoms with Gasteiger partial charge in [0.05, 0.1) is 6.10 Å². The monoisotopic (exact) mass is 318 g/mol. The van der Waals surface area contributed by atoms with E-state index < -0.39 is 0 Å². The van der Waals surface area contributed by atoms with Crippen molar-refractivity contribution in [3.05, 3.63) is 29.8 Å². The maximum Gasteiger partial charge on any atom is 0.246 e. The van der Waals surface area contributed by atoms with Crippen molar-refractivity contribution in [1.82, 2.24) is 5.32 Å². The molecule has 0 saturated heterocycles. The smallest absolute Gasteiger partial charge is 0.246 e. The highest BCUT2D eigenvalue weighted by Gasteiger charge is 2.22. The Morgan fingerprint density at radius 1 is 1.26 bits per heavy atom. The Balaban J connectivity index is 1.74. The molecule has 0 spiro atoms. The number of hydrogen-bond acceptors (Lipinski definition) is 3. The molecule has 0 bridgehead atoms. The van der Waals surface area contributed by atoms with E-state index in [1.54, 1.807) is 0 Å². The average Bonchev–Trinajstić information content (AvgIpc) is 2.52. The molecule has 5 heteroatoms.